The van der Waals surface area contributed by atoms with Gasteiger partial charge in [-0.3, -0.25) is 4.57 Å². The van der Waals surface area contributed by atoms with Crippen LogP contribution in [-0.2, 0) is 0 Å². The smallest absolute Gasteiger partial charge is 0.205 e. The highest BCUT2D eigenvalue weighted by Gasteiger charge is 2.13. The summed E-state index contributed by atoms with van der Waals surface area (Å²) in [5, 5.41) is 0.610. The molecule has 0 saturated carbocycles. The maximum Gasteiger partial charge on any atom is 0.205 e. The molecule has 2 N–H and O–H groups in total. The predicted molar refractivity (Wildman–Crippen MR) is 84.7 cm³/mol. The topological polar surface area (TPSA) is 53.1 Å². The number of fused-ring (bicyclic) bond motifs is 1. The standard InChI is InChI=1S/C14H11BrClN3O/c1-20-12-6-5-8(7-9(12)15)19-13-10(16)3-2-4-11(13)18-14(19)17/h2-7H,1H3,(H2,17,18). The molecule has 20 heavy (non-hydrogen) atoms. The fourth-order valence-electron chi connectivity index (χ4n) is 2.16. The Labute approximate surface area is 129 Å². The average Bonchev–Trinajstić information content (AvgIpc) is 2.76. The van der Waals surface area contributed by atoms with Gasteiger partial charge in [0.1, 0.15) is 5.75 Å². The van der Waals surface area contributed by atoms with Gasteiger partial charge in [0.05, 0.1) is 33.3 Å². The second-order valence-corrected chi connectivity index (χ2v) is 5.49. The van der Waals surface area contributed by atoms with Gasteiger partial charge in [0.25, 0.3) is 0 Å². The summed E-state index contributed by atoms with van der Waals surface area (Å²) in [6.45, 7) is 0. The highest BCUT2D eigenvalue weighted by atomic mass is 79.9. The van der Waals surface area contributed by atoms with Crippen LogP contribution in [0, 0.1) is 0 Å². The van der Waals surface area contributed by atoms with Crippen LogP contribution in [0.1, 0.15) is 0 Å². The molecule has 0 bridgehead atoms. The number of benzene rings is 2. The Bertz CT molecular complexity index is 800. The number of halogens is 2. The number of nitrogens with zero attached hydrogens (tertiary/aromatic N) is 2. The van der Waals surface area contributed by atoms with Crippen LogP contribution in [0.4, 0.5) is 5.95 Å². The minimum absolute atomic E-state index is 0.394. The maximum atomic E-state index is 6.27. The first-order valence-electron chi connectivity index (χ1n) is 5.88. The summed E-state index contributed by atoms with van der Waals surface area (Å²) in [6.07, 6.45) is 0. The van der Waals surface area contributed by atoms with Crippen molar-refractivity contribution in [1.29, 1.82) is 0 Å². The van der Waals surface area contributed by atoms with Crippen molar-refractivity contribution in [3.05, 3.63) is 45.9 Å². The van der Waals surface area contributed by atoms with Crippen molar-refractivity contribution in [1.82, 2.24) is 9.55 Å². The van der Waals surface area contributed by atoms with Gasteiger partial charge in [-0.2, -0.15) is 0 Å². The first kappa shape index (κ1) is 13.3. The zero-order valence-electron chi connectivity index (χ0n) is 10.6. The molecule has 6 heteroatoms. The Morgan fingerprint density at radius 2 is 2.10 bits per heavy atom. The molecule has 2 aromatic carbocycles. The number of methoxy groups -OCH3 is 1. The quantitative estimate of drug-likeness (QED) is 0.757. The highest BCUT2D eigenvalue weighted by molar-refractivity contribution is 9.10. The first-order chi connectivity index (χ1) is 9.61. The van der Waals surface area contributed by atoms with Crippen LogP contribution in [0.2, 0.25) is 5.02 Å². The second kappa shape index (κ2) is 5.00. The molecule has 0 spiro atoms. The Kier molecular flexibility index (Phi) is 3.31. The summed E-state index contributed by atoms with van der Waals surface area (Å²) in [7, 11) is 1.62. The normalized spacial score (nSPS) is 10.9. The Balaban J connectivity index is 2.29. The third-order valence-electron chi connectivity index (χ3n) is 3.05. The van der Waals surface area contributed by atoms with Gasteiger partial charge in [-0.15, -0.1) is 0 Å². The summed E-state index contributed by atoms with van der Waals surface area (Å²) < 4.78 is 7.89. The van der Waals surface area contributed by atoms with Gasteiger partial charge >= 0.3 is 0 Å². The van der Waals surface area contributed by atoms with Crippen LogP contribution in [0.25, 0.3) is 16.7 Å². The van der Waals surface area contributed by atoms with Gasteiger partial charge in [-0.05, 0) is 46.3 Å². The van der Waals surface area contributed by atoms with Crippen LogP contribution in [-0.4, -0.2) is 16.7 Å². The molecule has 0 fully saturated rings. The predicted octanol–water partition coefficient (Wildman–Crippen LogP) is 4.03. The van der Waals surface area contributed by atoms with E-state index < -0.39 is 0 Å². The Morgan fingerprint density at radius 3 is 2.80 bits per heavy atom. The van der Waals surface area contributed by atoms with Gasteiger partial charge in [0.2, 0.25) is 5.95 Å². The van der Waals surface area contributed by atoms with Crippen molar-refractivity contribution in [3.63, 3.8) is 0 Å². The van der Waals surface area contributed by atoms with Gasteiger partial charge in [0, 0.05) is 0 Å². The first-order valence-corrected chi connectivity index (χ1v) is 7.05. The van der Waals surface area contributed by atoms with E-state index in [2.05, 4.69) is 20.9 Å². The summed E-state index contributed by atoms with van der Waals surface area (Å²) >= 11 is 9.74. The molecule has 0 amide bonds. The molecule has 0 aliphatic heterocycles. The molecule has 102 valence electrons. The van der Waals surface area contributed by atoms with Crippen molar-refractivity contribution in [2.24, 2.45) is 0 Å². The highest BCUT2D eigenvalue weighted by Crippen LogP contribution is 2.32. The van der Waals surface area contributed by atoms with Crippen molar-refractivity contribution in [3.8, 4) is 11.4 Å². The minimum atomic E-state index is 0.394. The number of rotatable bonds is 2. The number of nitrogens with two attached hydrogens (primary N) is 1. The molecule has 0 saturated heterocycles. The molecule has 0 aliphatic rings. The fourth-order valence-corrected chi connectivity index (χ4v) is 2.94. The summed E-state index contributed by atoms with van der Waals surface area (Å²) in [5.74, 6) is 1.15. The molecule has 1 heterocycles. The lowest BCUT2D eigenvalue weighted by molar-refractivity contribution is 0.412. The average molecular weight is 353 g/mol. The SMILES string of the molecule is COc1ccc(-n2c(N)nc3cccc(Cl)c32)cc1Br. The lowest BCUT2D eigenvalue weighted by atomic mass is 10.2. The van der Waals surface area contributed by atoms with Gasteiger partial charge in [-0.1, -0.05) is 17.7 Å². The largest absolute Gasteiger partial charge is 0.496 e. The van der Waals surface area contributed by atoms with Crippen LogP contribution in [0.5, 0.6) is 5.75 Å². The number of anilines is 1. The van der Waals surface area contributed by atoms with E-state index in [1.54, 1.807) is 7.11 Å². The van der Waals surface area contributed by atoms with E-state index in [0.29, 0.717) is 11.0 Å². The van der Waals surface area contributed by atoms with E-state index in [0.717, 1.165) is 26.9 Å². The number of hydrogen-bond donors (Lipinski definition) is 1. The fraction of sp³-hybridized carbons (Fsp3) is 0.0714. The molecule has 3 rings (SSSR count). The number of imidazole rings is 1. The molecular weight excluding hydrogens is 342 g/mol. The minimum Gasteiger partial charge on any atom is -0.496 e. The Hall–Kier alpha value is -1.72. The number of nitrogen functional groups attached to an aromatic ring is 1. The second-order valence-electron chi connectivity index (χ2n) is 4.23. The van der Waals surface area contributed by atoms with Crippen molar-refractivity contribution < 1.29 is 4.74 Å². The summed E-state index contributed by atoms with van der Waals surface area (Å²) in [5.41, 5.74) is 8.45. The van der Waals surface area contributed by atoms with E-state index in [4.69, 9.17) is 22.1 Å². The van der Waals surface area contributed by atoms with Crippen LogP contribution >= 0.6 is 27.5 Å². The molecule has 0 aliphatic carbocycles. The van der Waals surface area contributed by atoms with Crippen LogP contribution in [0.15, 0.2) is 40.9 Å². The molecule has 0 radical (unpaired) electrons. The third-order valence-corrected chi connectivity index (χ3v) is 3.97. The third kappa shape index (κ3) is 2.03. The molecular formula is C14H11BrClN3O. The summed E-state index contributed by atoms with van der Waals surface area (Å²) in [4.78, 5) is 4.33. The van der Waals surface area contributed by atoms with E-state index in [1.807, 2.05) is 41.0 Å². The summed E-state index contributed by atoms with van der Waals surface area (Å²) in [6, 6.07) is 11.2. The van der Waals surface area contributed by atoms with Gasteiger partial charge in [-0.25, -0.2) is 4.98 Å². The van der Waals surface area contributed by atoms with Crippen molar-refractivity contribution >= 4 is 44.5 Å². The van der Waals surface area contributed by atoms with Crippen LogP contribution in [0.3, 0.4) is 0 Å². The van der Waals surface area contributed by atoms with E-state index in [9.17, 15) is 0 Å². The lowest BCUT2D eigenvalue weighted by Crippen LogP contribution is -2.01. The Morgan fingerprint density at radius 1 is 1.30 bits per heavy atom. The number of hydrogen-bond acceptors (Lipinski definition) is 3. The zero-order valence-corrected chi connectivity index (χ0v) is 12.9. The zero-order chi connectivity index (χ0) is 14.3. The van der Waals surface area contributed by atoms with Crippen molar-refractivity contribution in [2.75, 3.05) is 12.8 Å². The maximum absolute atomic E-state index is 6.27. The van der Waals surface area contributed by atoms with Gasteiger partial charge < -0.3 is 10.5 Å². The molecule has 3 aromatic rings. The van der Waals surface area contributed by atoms with Gasteiger partial charge in [0.15, 0.2) is 0 Å². The molecule has 0 unspecified atom stereocenters. The monoisotopic (exact) mass is 351 g/mol. The van der Waals surface area contributed by atoms with E-state index in [1.165, 1.54) is 0 Å². The number of aromatic nitrogens is 2. The van der Waals surface area contributed by atoms with E-state index >= 15 is 0 Å². The van der Waals surface area contributed by atoms with Crippen LogP contribution < -0.4 is 10.5 Å². The van der Waals surface area contributed by atoms with E-state index in [-0.39, 0.29) is 0 Å². The molecule has 0 atom stereocenters. The number of ether oxygens (including phenoxy) is 1. The molecule has 4 nitrogen and oxygen atoms in total. The molecule has 1 aromatic heterocycles. The number of para-hydroxylation sites is 1. The lowest BCUT2D eigenvalue weighted by Gasteiger charge is -2.10. The van der Waals surface area contributed by atoms with Crippen molar-refractivity contribution in [2.45, 2.75) is 0 Å².